The van der Waals surface area contributed by atoms with Gasteiger partial charge in [0.05, 0.1) is 17.0 Å². The number of rotatable bonds is 4. The monoisotopic (exact) mass is 545 g/mol. The zero-order valence-electron chi connectivity index (χ0n) is 21.5. The lowest BCUT2D eigenvalue weighted by Crippen LogP contribution is -2.51. The maximum atomic E-state index is 14.7. The zero-order valence-corrected chi connectivity index (χ0v) is 22.3. The number of anilines is 2. The summed E-state index contributed by atoms with van der Waals surface area (Å²) in [5, 5.41) is 3.34. The van der Waals surface area contributed by atoms with Crippen LogP contribution in [0.15, 0.2) is 103 Å². The molecule has 1 fully saturated rings. The van der Waals surface area contributed by atoms with Gasteiger partial charge in [-0.3, -0.25) is 19.4 Å². The van der Waals surface area contributed by atoms with E-state index in [4.69, 9.17) is 11.6 Å². The van der Waals surface area contributed by atoms with E-state index < -0.39 is 23.4 Å². The van der Waals surface area contributed by atoms with Crippen LogP contribution in [-0.4, -0.2) is 34.5 Å². The molecule has 7 heteroatoms. The van der Waals surface area contributed by atoms with Crippen molar-refractivity contribution in [2.24, 2.45) is 5.92 Å². The van der Waals surface area contributed by atoms with E-state index in [9.17, 15) is 14.4 Å². The Morgan fingerprint density at radius 3 is 2.42 bits per heavy atom. The van der Waals surface area contributed by atoms with Crippen LogP contribution in [0.4, 0.5) is 11.4 Å². The van der Waals surface area contributed by atoms with E-state index in [-0.39, 0.29) is 23.2 Å². The molecular formula is C33H24ClN3O3. The third-order valence-electron chi connectivity index (χ3n) is 8.49. The van der Waals surface area contributed by atoms with Crippen LogP contribution in [0.3, 0.4) is 0 Å². The quantitative estimate of drug-likeness (QED) is 0.319. The van der Waals surface area contributed by atoms with Crippen molar-refractivity contribution in [2.45, 2.75) is 24.4 Å². The summed E-state index contributed by atoms with van der Waals surface area (Å²) in [7, 11) is 0. The lowest BCUT2D eigenvalue weighted by Gasteiger charge is -2.39. The number of carbonyl (C=O) groups excluding carboxylic acids is 3. The molecule has 1 N–H and O–H groups in total. The zero-order chi connectivity index (χ0) is 27.6. The molecule has 4 aromatic rings. The maximum Gasteiger partial charge on any atom is 0.238 e. The highest BCUT2D eigenvalue weighted by Crippen LogP contribution is 2.58. The first-order valence-corrected chi connectivity index (χ1v) is 13.5. The Labute approximate surface area is 236 Å². The fourth-order valence-corrected chi connectivity index (χ4v) is 7.10. The van der Waals surface area contributed by atoms with Crippen LogP contribution in [0.25, 0.3) is 5.57 Å². The lowest BCUT2D eigenvalue weighted by molar-refractivity contribution is -0.121. The van der Waals surface area contributed by atoms with Gasteiger partial charge in [-0.2, -0.15) is 0 Å². The molecule has 1 aromatic heterocycles. The molecule has 0 aliphatic carbocycles. The van der Waals surface area contributed by atoms with Crippen molar-refractivity contribution in [2.75, 3.05) is 10.2 Å². The van der Waals surface area contributed by atoms with Gasteiger partial charge in [0.15, 0.2) is 11.6 Å². The number of Topliss-reactive ketones (excluding diaryl/α,β-unsaturated/α-hetero) is 2. The molecule has 3 aliphatic rings. The van der Waals surface area contributed by atoms with Crippen molar-refractivity contribution in [3.05, 3.63) is 131 Å². The molecule has 4 heterocycles. The first-order chi connectivity index (χ1) is 19.4. The number of allylic oxidation sites excluding steroid dienone is 1. The molecule has 0 unspecified atom stereocenters. The van der Waals surface area contributed by atoms with Gasteiger partial charge in [-0.15, -0.1) is 0 Å². The highest BCUT2D eigenvalue weighted by atomic mass is 35.5. The Balaban J connectivity index is 1.57. The van der Waals surface area contributed by atoms with Gasteiger partial charge in [-0.05, 0) is 54.5 Å². The van der Waals surface area contributed by atoms with Crippen LogP contribution in [0.5, 0.6) is 0 Å². The minimum Gasteiger partial charge on any atom is -0.352 e. The molecule has 196 valence electrons. The standard InChI is InChI=1S/C33H24ClN3O3/c1-19-18-27-33(22-12-4-6-14-24(22)36-32(33)40)28(31(39)25-15-8-9-17-35-25)29(30(38)21-11-2-5-13-23(21)34)37(27)26-16-7-3-10-20(19)26/h2-18,27-29H,1H3,(H,36,40)/t27-,28+,29-,33-/m0/s1. The number of nitrogens with one attached hydrogen (secondary N) is 1. The number of aromatic nitrogens is 1. The van der Waals surface area contributed by atoms with Crippen LogP contribution >= 0.6 is 11.6 Å². The summed E-state index contributed by atoms with van der Waals surface area (Å²) in [6, 6.07) is 25.6. The number of ketones is 2. The van der Waals surface area contributed by atoms with E-state index in [0.717, 1.165) is 16.8 Å². The minimum absolute atomic E-state index is 0.204. The average Bonchev–Trinajstić information content (AvgIpc) is 3.45. The predicted molar refractivity (Wildman–Crippen MR) is 155 cm³/mol. The maximum absolute atomic E-state index is 14.7. The summed E-state index contributed by atoms with van der Waals surface area (Å²) in [6.45, 7) is 2.00. The predicted octanol–water partition coefficient (Wildman–Crippen LogP) is 5.98. The summed E-state index contributed by atoms with van der Waals surface area (Å²) in [5.74, 6) is -2.08. The van der Waals surface area contributed by atoms with Crippen molar-refractivity contribution in [3.8, 4) is 0 Å². The van der Waals surface area contributed by atoms with Gasteiger partial charge in [-0.1, -0.05) is 72.3 Å². The SMILES string of the molecule is CC1=C[C@@H]2N(c3ccccc31)[C@H](C(=O)c1ccccc1Cl)[C@H](C(=O)c1ccccn1)[C@@]21C(=O)Nc2ccccc21. The topological polar surface area (TPSA) is 79.4 Å². The second-order valence-electron chi connectivity index (χ2n) is 10.4. The molecule has 0 saturated carbocycles. The molecule has 3 aliphatic heterocycles. The fourth-order valence-electron chi connectivity index (χ4n) is 6.88. The van der Waals surface area contributed by atoms with Crippen LogP contribution in [0, 0.1) is 5.92 Å². The molecule has 4 atom stereocenters. The Morgan fingerprint density at radius 2 is 1.62 bits per heavy atom. The number of nitrogens with zero attached hydrogens (tertiary/aromatic N) is 2. The molecular weight excluding hydrogens is 522 g/mol. The third-order valence-corrected chi connectivity index (χ3v) is 8.82. The van der Waals surface area contributed by atoms with Crippen LogP contribution < -0.4 is 10.2 Å². The number of benzene rings is 3. The average molecular weight is 546 g/mol. The van der Waals surface area contributed by atoms with Crippen molar-refractivity contribution in [1.29, 1.82) is 0 Å². The van der Waals surface area contributed by atoms with Gasteiger partial charge < -0.3 is 10.2 Å². The minimum atomic E-state index is -1.39. The number of fused-ring (bicyclic) bond motifs is 6. The van der Waals surface area contributed by atoms with Crippen molar-refractivity contribution < 1.29 is 14.4 Å². The van der Waals surface area contributed by atoms with E-state index in [1.165, 1.54) is 0 Å². The highest BCUT2D eigenvalue weighted by molar-refractivity contribution is 6.34. The van der Waals surface area contributed by atoms with E-state index in [0.29, 0.717) is 21.8 Å². The number of pyridine rings is 1. The number of carbonyl (C=O) groups is 3. The number of para-hydroxylation sites is 2. The van der Waals surface area contributed by atoms with Gasteiger partial charge in [0.2, 0.25) is 5.91 Å². The highest BCUT2D eigenvalue weighted by Gasteiger charge is 2.70. The molecule has 0 bridgehead atoms. The normalized spacial score (nSPS) is 24.1. The Bertz CT molecular complexity index is 1750. The van der Waals surface area contributed by atoms with Gasteiger partial charge in [0, 0.05) is 28.7 Å². The Morgan fingerprint density at radius 1 is 0.900 bits per heavy atom. The summed E-state index contributed by atoms with van der Waals surface area (Å²) in [6.07, 6.45) is 3.58. The molecule has 40 heavy (non-hydrogen) atoms. The van der Waals surface area contributed by atoms with Gasteiger partial charge in [0.25, 0.3) is 0 Å². The summed E-state index contributed by atoms with van der Waals surface area (Å²) >= 11 is 6.57. The first-order valence-electron chi connectivity index (χ1n) is 13.2. The first kappa shape index (κ1) is 24.5. The number of amides is 1. The van der Waals surface area contributed by atoms with E-state index in [1.54, 1.807) is 48.7 Å². The molecule has 7 rings (SSSR count). The smallest absolute Gasteiger partial charge is 0.238 e. The van der Waals surface area contributed by atoms with Gasteiger partial charge >= 0.3 is 0 Å². The number of hydrogen-bond donors (Lipinski definition) is 1. The summed E-state index contributed by atoms with van der Waals surface area (Å²) in [4.78, 5) is 50.0. The van der Waals surface area contributed by atoms with Crippen LogP contribution in [-0.2, 0) is 10.2 Å². The largest absolute Gasteiger partial charge is 0.352 e. The molecule has 1 saturated heterocycles. The second kappa shape index (κ2) is 9.00. The number of hydrogen-bond acceptors (Lipinski definition) is 5. The molecule has 1 amide bonds. The van der Waals surface area contributed by atoms with Crippen molar-refractivity contribution >= 4 is 46.0 Å². The Kier molecular flexibility index (Phi) is 5.51. The summed E-state index contributed by atoms with van der Waals surface area (Å²) in [5.41, 5.74) is 3.18. The fraction of sp³-hybridized carbons (Fsp3) is 0.152. The van der Waals surface area contributed by atoms with Gasteiger partial charge in [0.1, 0.15) is 17.2 Å². The van der Waals surface area contributed by atoms with Crippen molar-refractivity contribution in [1.82, 2.24) is 4.98 Å². The number of halogens is 1. The van der Waals surface area contributed by atoms with E-state index in [1.807, 2.05) is 66.4 Å². The van der Waals surface area contributed by atoms with E-state index >= 15 is 0 Å². The lowest BCUT2D eigenvalue weighted by atomic mass is 9.64. The third kappa shape index (κ3) is 3.23. The summed E-state index contributed by atoms with van der Waals surface area (Å²) < 4.78 is 0. The van der Waals surface area contributed by atoms with Crippen molar-refractivity contribution in [3.63, 3.8) is 0 Å². The van der Waals surface area contributed by atoms with Crippen LogP contribution in [0.2, 0.25) is 5.02 Å². The molecule has 6 nitrogen and oxygen atoms in total. The van der Waals surface area contributed by atoms with E-state index in [2.05, 4.69) is 10.3 Å². The molecule has 0 radical (unpaired) electrons. The van der Waals surface area contributed by atoms with Gasteiger partial charge in [-0.25, -0.2) is 0 Å². The Hall–Kier alpha value is -4.55. The second-order valence-corrected chi connectivity index (χ2v) is 10.8. The van der Waals surface area contributed by atoms with Crippen LogP contribution in [0.1, 0.15) is 38.9 Å². The molecule has 3 aromatic carbocycles. The molecule has 1 spiro atoms.